The topological polar surface area (TPSA) is 106 Å². The second-order valence-corrected chi connectivity index (χ2v) is 9.72. The van der Waals surface area contributed by atoms with E-state index in [9.17, 15) is 4.79 Å². The molecule has 2 saturated heterocycles. The summed E-state index contributed by atoms with van der Waals surface area (Å²) in [6.45, 7) is 6.58. The number of nitrogen functional groups attached to an aromatic ring is 1. The number of nitrogens with two attached hydrogens (primary N) is 1. The van der Waals surface area contributed by atoms with E-state index < -0.39 is 0 Å². The summed E-state index contributed by atoms with van der Waals surface area (Å²) in [6, 6.07) is 20.2. The van der Waals surface area contributed by atoms with E-state index >= 15 is 0 Å². The fraction of sp³-hybridized carbons (Fsp3) is 0.357. The van der Waals surface area contributed by atoms with E-state index in [0.29, 0.717) is 56.8 Å². The zero-order chi connectivity index (χ0) is 25.9. The van der Waals surface area contributed by atoms with Crippen molar-refractivity contribution in [2.45, 2.75) is 6.54 Å². The lowest BCUT2D eigenvalue weighted by molar-refractivity contribution is -0.136. The third-order valence-corrected chi connectivity index (χ3v) is 7.23. The molecule has 2 aromatic heterocycles. The molecule has 2 N–H and O–H groups in total. The van der Waals surface area contributed by atoms with Crippen molar-refractivity contribution in [2.75, 3.05) is 69.7 Å². The van der Waals surface area contributed by atoms with E-state index in [1.54, 1.807) is 4.68 Å². The molecule has 0 bridgehead atoms. The molecule has 10 nitrogen and oxygen atoms in total. The number of carbonyl (C=O) groups is 1. The fourth-order valence-electron chi connectivity index (χ4n) is 5.08. The Balaban J connectivity index is 1.25. The molecule has 0 saturated carbocycles. The van der Waals surface area contributed by atoms with E-state index in [1.807, 2.05) is 53.4 Å². The van der Waals surface area contributed by atoms with Gasteiger partial charge in [0.2, 0.25) is 11.9 Å². The predicted octanol–water partition coefficient (Wildman–Crippen LogP) is 2.10. The number of piperazine rings is 1. The summed E-state index contributed by atoms with van der Waals surface area (Å²) in [6.07, 6.45) is 0. The zero-order valence-electron chi connectivity index (χ0n) is 21.4. The number of fused-ring (bicyclic) bond motifs is 1. The molecule has 1 amide bonds. The summed E-state index contributed by atoms with van der Waals surface area (Å²) in [5.74, 6) is 1.37. The molecule has 0 spiro atoms. The Kier molecular flexibility index (Phi) is 6.89. The van der Waals surface area contributed by atoms with Gasteiger partial charge in [-0.25, -0.2) is 9.67 Å². The van der Waals surface area contributed by atoms with Crippen LogP contribution in [0.5, 0.6) is 0 Å². The van der Waals surface area contributed by atoms with E-state index in [1.165, 1.54) is 0 Å². The van der Waals surface area contributed by atoms with Crippen LogP contribution in [0.3, 0.4) is 0 Å². The van der Waals surface area contributed by atoms with Gasteiger partial charge in [-0.15, -0.1) is 5.10 Å². The number of carbonyl (C=O) groups excluding carboxylic acids is 1. The fourth-order valence-corrected chi connectivity index (χ4v) is 5.08. The van der Waals surface area contributed by atoms with Crippen molar-refractivity contribution in [1.82, 2.24) is 29.5 Å². The molecule has 6 rings (SSSR count). The first kappa shape index (κ1) is 24.3. The van der Waals surface area contributed by atoms with Gasteiger partial charge in [0.1, 0.15) is 5.82 Å². The van der Waals surface area contributed by atoms with Gasteiger partial charge in [-0.1, -0.05) is 60.7 Å². The van der Waals surface area contributed by atoms with Crippen molar-refractivity contribution >= 4 is 28.7 Å². The van der Waals surface area contributed by atoms with E-state index in [0.717, 1.165) is 48.4 Å². The molecule has 4 aromatic rings. The van der Waals surface area contributed by atoms with Crippen LogP contribution < -0.4 is 10.6 Å². The Bertz CT molecular complexity index is 1390. The average molecular weight is 513 g/mol. The van der Waals surface area contributed by atoms with Crippen LogP contribution in [0.2, 0.25) is 0 Å². The van der Waals surface area contributed by atoms with Crippen LogP contribution in [0.4, 0.5) is 11.8 Å². The third-order valence-electron chi connectivity index (χ3n) is 7.23. The largest absolute Gasteiger partial charge is 0.383 e. The van der Waals surface area contributed by atoms with Crippen LogP contribution >= 0.6 is 0 Å². The minimum Gasteiger partial charge on any atom is -0.383 e. The Morgan fingerprint density at radius 3 is 2.26 bits per heavy atom. The van der Waals surface area contributed by atoms with Crippen LogP contribution in [-0.4, -0.2) is 94.5 Å². The van der Waals surface area contributed by atoms with Gasteiger partial charge in [-0.2, -0.15) is 4.98 Å². The molecule has 0 unspecified atom stereocenters. The number of nitrogens with zero attached hydrogens (tertiary/aromatic N) is 7. The highest BCUT2D eigenvalue weighted by Gasteiger charge is 2.26. The van der Waals surface area contributed by atoms with Crippen molar-refractivity contribution in [1.29, 1.82) is 0 Å². The van der Waals surface area contributed by atoms with Crippen molar-refractivity contribution in [3.05, 3.63) is 66.2 Å². The van der Waals surface area contributed by atoms with Crippen molar-refractivity contribution < 1.29 is 9.53 Å². The van der Waals surface area contributed by atoms with Gasteiger partial charge in [0.15, 0.2) is 5.65 Å². The third kappa shape index (κ3) is 5.05. The minimum atomic E-state index is 0.171. The number of benzene rings is 2. The highest BCUT2D eigenvalue weighted by Crippen LogP contribution is 2.32. The summed E-state index contributed by atoms with van der Waals surface area (Å²) in [5.41, 5.74) is 10.1. The van der Waals surface area contributed by atoms with Crippen molar-refractivity contribution in [2.24, 2.45) is 0 Å². The molecule has 0 aliphatic carbocycles. The van der Waals surface area contributed by atoms with Crippen LogP contribution in [0.1, 0.15) is 5.56 Å². The van der Waals surface area contributed by atoms with Gasteiger partial charge < -0.3 is 20.3 Å². The van der Waals surface area contributed by atoms with Gasteiger partial charge in [0.05, 0.1) is 37.4 Å². The summed E-state index contributed by atoms with van der Waals surface area (Å²) in [5, 5.41) is 5.57. The lowest BCUT2D eigenvalue weighted by atomic mass is 10.1. The molecule has 196 valence electrons. The monoisotopic (exact) mass is 512 g/mol. The minimum absolute atomic E-state index is 0.171. The van der Waals surface area contributed by atoms with Crippen LogP contribution in [0, 0.1) is 0 Å². The number of hydrogen-bond donors (Lipinski definition) is 1. The molecular formula is C28H32N8O2. The van der Waals surface area contributed by atoms with E-state index in [4.69, 9.17) is 25.5 Å². The highest BCUT2D eigenvalue weighted by atomic mass is 16.5. The molecular weight excluding hydrogens is 480 g/mol. The maximum Gasteiger partial charge on any atom is 0.236 e. The van der Waals surface area contributed by atoms with Crippen molar-refractivity contribution in [3.8, 4) is 11.3 Å². The molecule has 2 aromatic carbocycles. The summed E-state index contributed by atoms with van der Waals surface area (Å²) in [4.78, 5) is 28.8. The van der Waals surface area contributed by atoms with Gasteiger partial charge in [0.25, 0.3) is 0 Å². The van der Waals surface area contributed by atoms with Gasteiger partial charge in [-0.05, 0) is 5.56 Å². The number of hydrogen-bond acceptors (Lipinski definition) is 8. The number of aromatic nitrogens is 4. The first-order chi connectivity index (χ1) is 18.7. The van der Waals surface area contributed by atoms with Crippen LogP contribution in [-0.2, 0) is 16.1 Å². The van der Waals surface area contributed by atoms with E-state index in [2.05, 4.69) is 21.9 Å². The standard InChI is InChI=1S/C28H32N8O2/c29-26-24-25(22-9-5-2-6-10-22)30-28(31-27(24)32-36(26)19-21-7-3-1-4-8-21)35-13-11-33(12-14-35)20-23(37)34-15-17-38-18-16-34/h1-10H,11-20,29H2. The maximum atomic E-state index is 12.7. The summed E-state index contributed by atoms with van der Waals surface area (Å²) < 4.78 is 7.18. The SMILES string of the molecule is Nc1c2c(-c3ccccc3)nc(N3CCN(CC(=O)N4CCOCC4)CC3)nc2nn1Cc1ccccc1. The Hall–Kier alpha value is -4.02. The smallest absolute Gasteiger partial charge is 0.236 e. The quantitative estimate of drug-likeness (QED) is 0.419. The second kappa shape index (κ2) is 10.8. The molecule has 10 heteroatoms. The molecule has 2 fully saturated rings. The van der Waals surface area contributed by atoms with Crippen LogP contribution in [0.15, 0.2) is 60.7 Å². The lowest BCUT2D eigenvalue weighted by Crippen LogP contribution is -2.51. The van der Waals surface area contributed by atoms with Gasteiger partial charge in [-0.3, -0.25) is 9.69 Å². The molecule has 4 heterocycles. The Morgan fingerprint density at radius 1 is 0.868 bits per heavy atom. The number of morpholine rings is 1. The van der Waals surface area contributed by atoms with Gasteiger partial charge in [0, 0.05) is 44.8 Å². The van der Waals surface area contributed by atoms with Crippen molar-refractivity contribution in [3.63, 3.8) is 0 Å². The first-order valence-corrected chi connectivity index (χ1v) is 13.1. The van der Waals surface area contributed by atoms with E-state index in [-0.39, 0.29) is 5.91 Å². The van der Waals surface area contributed by atoms with Gasteiger partial charge >= 0.3 is 0 Å². The second-order valence-electron chi connectivity index (χ2n) is 9.72. The maximum absolute atomic E-state index is 12.7. The number of rotatable bonds is 6. The number of anilines is 2. The molecule has 2 aliphatic rings. The summed E-state index contributed by atoms with van der Waals surface area (Å²) in [7, 11) is 0. The Labute approximate surface area is 221 Å². The Morgan fingerprint density at radius 2 is 1.55 bits per heavy atom. The zero-order valence-corrected chi connectivity index (χ0v) is 21.4. The highest BCUT2D eigenvalue weighted by molar-refractivity contribution is 5.99. The van der Waals surface area contributed by atoms with Crippen LogP contribution in [0.25, 0.3) is 22.3 Å². The molecule has 2 aliphatic heterocycles. The molecule has 0 atom stereocenters. The normalized spacial score (nSPS) is 16.7. The number of amides is 1. The summed E-state index contributed by atoms with van der Waals surface area (Å²) >= 11 is 0. The molecule has 38 heavy (non-hydrogen) atoms. The predicted molar refractivity (Wildman–Crippen MR) is 147 cm³/mol. The average Bonchev–Trinajstić information content (AvgIpc) is 3.29. The molecule has 0 radical (unpaired) electrons. The first-order valence-electron chi connectivity index (χ1n) is 13.1. The number of ether oxygens (including phenoxy) is 1. The lowest BCUT2D eigenvalue weighted by Gasteiger charge is -2.36.